The largest absolute Gasteiger partial charge is 0.508 e. The van der Waals surface area contributed by atoms with Crippen LogP contribution in [0.5, 0.6) is 5.75 Å². The number of nitrogens with one attached hydrogen (secondary N) is 1. The lowest BCUT2D eigenvalue weighted by Gasteiger charge is -2.16. The average Bonchev–Trinajstić information content (AvgIpc) is 3.29. The van der Waals surface area contributed by atoms with Crippen molar-refractivity contribution >= 4 is 16.9 Å². The molecule has 0 bridgehead atoms. The first-order chi connectivity index (χ1) is 16.4. The second-order valence-corrected chi connectivity index (χ2v) is 7.54. The molecule has 4 rings (SSSR count). The van der Waals surface area contributed by atoms with Crippen molar-refractivity contribution in [2.45, 2.75) is 12.3 Å². The van der Waals surface area contributed by atoms with E-state index in [1.54, 1.807) is 37.6 Å². The summed E-state index contributed by atoms with van der Waals surface area (Å²) in [6.07, 6.45) is 4.74. The Kier molecular flexibility index (Phi) is 6.16. The number of benzene rings is 1. The molecule has 1 atom stereocenters. The second kappa shape index (κ2) is 9.35. The van der Waals surface area contributed by atoms with Gasteiger partial charge in [0.1, 0.15) is 17.2 Å². The molecule has 8 heteroatoms. The van der Waals surface area contributed by atoms with E-state index in [9.17, 15) is 19.1 Å². The number of fused-ring (bicyclic) bond motifs is 1. The van der Waals surface area contributed by atoms with Gasteiger partial charge in [0.05, 0.1) is 11.1 Å². The molecule has 1 unspecified atom stereocenters. The van der Waals surface area contributed by atoms with Gasteiger partial charge in [0, 0.05) is 54.5 Å². The molecule has 4 N–H and O–H groups in total. The second-order valence-electron chi connectivity index (χ2n) is 7.54. The number of halogens is 1. The summed E-state index contributed by atoms with van der Waals surface area (Å²) in [5.74, 6) is 9.17. The topological polar surface area (TPSA) is 114 Å². The normalized spacial score (nSPS) is 11.2. The van der Waals surface area contributed by atoms with E-state index in [4.69, 9.17) is 5.73 Å². The van der Waals surface area contributed by atoms with Crippen molar-refractivity contribution in [1.29, 1.82) is 0 Å². The van der Waals surface area contributed by atoms with E-state index < -0.39 is 17.6 Å². The Hall–Kier alpha value is -4.82. The first kappa shape index (κ1) is 22.4. The molecule has 0 aliphatic rings. The molecular formula is C26H19FN4O3. The zero-order valence-electron chi connectivity index (χ0n) is 18.1. The fraction of sp³-hybridized carbons (Fsp3) is 0.115. The van der Waals surface area contributed by atoms with Gasteiger partial charge in [-0.05, 0) is 42.2 Å². The molecule has 0 spiro atoms. The molecule has 3 heterocycles. The number of aromatic amines is 1. The number of nitrogens with two attached hydrogens (primary N) is 1. The van der Waals surface area contributed by atoms with Crippen LogP contribution < -0.4 is 11.3 Å². The van der Waals surface area contributed by atoms with Crippen LogP contribution in [-0.2, 0) is 7.05 Å². The van der Waals surface area contributed by atoms with E-state index in [0.29, 0.717) is 22.2 Å². The summed E-state index contributed by atoms with van der Waals surface area (Å²) < 4.78 is 15.3. The molecule has 7 nitrogen and oxygen atoms in total. The molecule has 0 saturated heterocycles. The van der Waals surface area contributed by atoms with E-state index in [1.807, 2.05) is 0 Å². The molecule has 0 saturated carbocycles. The van der Waals surface area contributed by atoms with E-state index in [2.05, 4.69) is 33.6 Å². The zero-order valence-corrected chi connectivity index (χ0v) is 18.1. The van der Waals surface area contributed by atoms with Gasteiger partial charge in [-0.15, -0.1) is 0 Å². The van der Waals surface area contributed by atoms with Crippen LogP contribution in [0.1, 0.15) is 39.4 Å². The van der Waals surface area contributed by atoms with Crippen molar-refractivity contribution in [1.82, 2.24) is 14.5 Å². The van der Waals surface area contributed by atoms with E-state index >= 15 is 0 Å². The molecule has 0 aliphatic heterocycles. The molecule has 0 aliphatic carbocycles. The van der Waals surface area contributed by atoms with Gasteiger partial charge in [0.2, 0.25) is 0 Å². The molecular weight excluding hydrogens is 435 g/mol. The molecule has 1 aromatic carbocycles. The summed E-state index contributed by atoms with van der Waals surface area (Å²) in [7, 11) is 1.61. The summed E-state index contributed by atoms with van der Waals surface area (Å²) in [6.45, 7) is 0. The molecule has 0 radical (unpaired) electrons. The minimum Gasteiger partial charge on any atom is -0.508 e. The Bertz CT molecular complexity index is 1600. The van der Waals surface area contributed by atoms with Crippen LogP contribution >= 0.6 is 0 Å². The summed E-state index contributed by atoms with van der Waals surface area (Å²) in [6, 6.07) is 8.64. The highest BCUT2D eigenvalue weighted by molar-refractivity contribution is 6.00. The Labute approximate surface area is 194 Å². The number of primary amides is 1. The maximum Gasteiger partial charge on any atom is 0.254 e. The van der Waals surface area contributed by atoms with E-state index in [1.165, 1.54) is 22.9 Å². The third-order valence-electron chi connectivity index (χ3n) is 5.39. The Morgan fingerprint density at radius 2 is 2.09 bits per heavy atom. The number of pyridine rings is 2. The number of rotatable bonds is 4. The lowest BCUT2D eigenvalue weighted by Crippen LogP contribution is -2.23. The molecule has 0 fully saturated rings. The highest BCUT2D eigenvalue weighted by Crippen LogP contribution is 2.32. The Morgan fingerprint density at radius 3 is 2.88 bits per heavy atom. The number of phenols is 1. The number of aryl methyl sites for hydroxylation is 1. The monoisotopic (exact) mass is 454 g/mol. The number of carbonyl (C=O) groups is 1. The van der Waals surface area contributed by atoms with Crippen LogP contribution in [0, 0.1) is 29.5 Å². The van der Waals surface area contributed by atoms with Gasteiger partial charge in [-0.3, -0.25) is 9.59 Å². The quantitative estimate of drug-likeness (QED) is 0.412. The predicted molar refractivity (Wildman–Crippen MR) is 125 cm³/mol. The zero-order chi connectivity index (χ0) is 24.2. The number of carbonyl (C=O) groups excluding carboxylic acids is 1. The van der Waals surface area contributed by atoms with Crippen LogP contribution in [0.2, 0.25) is 0 Å². The molecule has 34 heavy (non-hydrogen) atoms. The van der Waals surface area contributed by atoms with Crippen molar-refractivity contribution in [3.05, 3.63) is 93.4 Å². The van der Waals surface area contributed by atoms with Gasteiger partial charge in [-0.2, -0.15) is 0 Å². The number of aromatic nitrogens is 3. The summed E-state index contributed by atoms with van der Waals surface area (Å²) in [5.41, 5.74) is 6.94. The van der Waals surface area contributed by atoms with Gasteiger partial charge in [0.25, 0.3) is 11.5 Å². The lowest BCUT2D eigenvalue weighted by molar-refractivity contribution is 0.1000. The molecule has 1 amide bonds. The number of hydrogen-bond acceptors (Lipinski definition) is 4. The SMILES string of the molecule is Cn1cccc(C(CC#CC#Cc2c(C(N)=O)cnc3[nH]ccc23)c2cc(F)ccc2O)c1=O. The Morgan fingerprint density at radius 1 is 1.26 bits per heavy atom. The van der Waals surface area contributed by atoms with Crippen molar-refractivity contribution in [2.75, 3.05) is 0 Å². The van der Waals surface area contributed by atoms with Gasteiger partial charge < -0.3 is 20.4 Å². The number of hydrogen-bond donors (Lipinski definition) is 3. The Balaban J connectivity index is 1.72. The van der Waals surface area contributed by atoms with Gasteiger partial charge >= 0.3 is 0 Å². The third-order valence-corrected chi connectivity index (χ3v) is 5.39. The fourth-order valence-corrected chi connectivity index (χ4v) is 3.70. The van der Waals surface area contributed by atoms with Crippen molar-refractivity contribution in [2.24, 2.45) is 12.8 Å². The first-order valence-electron chi connectivity index (χ1n) is 10.3. The summed E-state index contributed by atoms with van der Waals surface area (Å²) >= 11 is 0. The van der Waals surface area contributed by atoms with E-state index in [0.717, 1.165) is 6.07 Å². The molecule has 4 aromatic rings. The smallest absolute Gasteiger partial charge is 0.254 e. The minimum absolute atomic E-state index is 0.101. The maximum absolute atomic E-state index is 13.9. The van der Waals surface area contributed by atoms with Crippen LogP contribution in [0.15, 0.2) is 59.8 Å². The van der Waals surface area contributed by atoms with Gasteiger partial charge in [-0.1, -0.05) is 17.9 Å². The third kappa shape index (κ3) is 4.38. The van der Waals surface area contributed by atoms with E-state index in [-0.39, 0.29) is 28.9 Å². The number of amides is 1. The highest BCUT2D eigenvalue weighted by atomic mass is 19.1. The van der Waals surface area contributed by atoms with Gasteiger partial charge in [0.15, 0.2) is 0 Å². The van der Waals surface area contributed by atoms with Crippen LogP contribution in [-0.4, -0.2) is 25.5 Å². The average molecular weight is 454 g/mol. The van der Waals surface area contributed by atoms with Crippen molar-refractivity contribution in [3.63, 3.8) is 0 Å². The number of nitrogens with zero attached hydrogens (tertiary/aromatic N) is 2. The minimum atomic E-state index is -0.677. The van der Waals surface area contributed by atoms with Crippen LogP contribution in [0.25, 0.3) is 11.0 Å². The van der Waals surface area contributed by atoms with Crippen LogP contribution in [0.3, 0.4) is 0 Å². The lowest BCUT2D eigenvalue weighted by atomic mass is 9.88. The first-order valence-corrected chi connectivity index (χ1v) is 10.3. The van der Waals surface area contributed by atoms with Crippen molar-refractivity contribution in [3.8, 4) is 29.4 Å². The van der Waals surface area contributed by atoms with Crippen molar-refractivity contribution < 1.29 is 14.3 Å². The summed E-state index contributed by atoms with van der Waals surface area (Å²) in [5, 5.41) is 11.0. The number of phenolic OH excluding ortho intramolecular Hbond substituents is 1. The number of H-pyrrole nitrogens is 1. The fourth-order valence-electron chi connectivity index (χ4n) is 3.70. The molecule has 3 aromatic heterocycles. The predicted octanol–water partition coefficient (Wildman–Crippen LogP) is 2.78. The highest BCUT2D eigenvalue weighted by Gasteiger charge is 2.21. The molecule has 168 valence electrons. The van der Waals surface area contributed by atoms with Gasteiger partial charge in [-0.25, -0.2) is 9.37 Å². The maximum atomic E-state index is 13.9. The summed E-state index contributed by atoms with van der Waals surface area (Å²) in [4.78, 5) is 31.6. The standard InChI is InChI=1S/C26H19FN4O3/c1-31-13-5-8-20(26(31)34)18(21-14-16(27)9-10-23(21)32)7-4-2-3-6-17-19-11-12-29-25(19)30-15-22(17)24(28)33/h5,8-15,18,32H,7H2,1H3,(H2,28,33)(H,29,30). The van der Waals surface area contributed by atoms with Crippen LogP contribution in [0.4, 0.5) is 4.39 Å². The number of aromatic hydroxyl groups is 1.